The molecule has 1 saturated heterocycles. The molecule has 0 spiro atoms. The summed E-state index contributed by atoms with van der Waals surface area (Å²) < 4.78 is 30.5. The molecule has 162 valence electrons. The Balaban J connectivity index is 1.65. The highest BCUT2D eigenvalue weighted by molar-refractivity contribution is 7.46. The lowest BCUT2D eigenvalue weighted by molar-refractivity contribution is -0.153. The summed E-state index contributed by atoms with van der Waals surface area (Å²) in [4.78, 5) is 40.8. The molecule has 11 nitrogen and oxygen atoms in total. The lowest BCUT2D eigenvalue weighted by Gasteiger charge is -2.26. The van der Waals surface area contributed by atoms with Crippen LogP contribution >= 0.6 is 8.38 Å². The Morgan fingerprint density at radius 3 is 2.90 bits per heavy atom. The van der Waals surface area contributed by atoms with E-state index in [1.54, 1.807) is 11.8 Å². The summed E-state index contributed by atoms with van der Waals surface area (Å²) in [5.41, 5.74) is 6.48. The first-order valence-electron chi connectivity index (χ1n) is 9.27. The van der Waals surface area contributed by atoms with Crippen LogP contribution < -0.4 is 16.0 Å². The Hall–Kier alpha value is -1.85. The van der Waals surface area contributed by atoms with Gasteiger partial charge in [-0.2, -0.15) is 0 Å². The van der Waals surface area contributed by atoms with Gasteiger partial charge in [-0.1, -0.05) is 6.92 Å². The fraction of sp³-hybridized carbons (Fsp3) is 0.688. The molecule has 29 heavy (non-hydrogen) atoms. The second kappa shape index (κ2) is 9.31. The van der Waals surface area contributed by atoms with E-state index >= 15 is 0 Å². The van der Waals surface area contributed by atoms with Crippen LogP contribution in [0.4, 0.5) is 21.7 Å². The van der Waals surface area contributed by atoms with Crippen LogP contribution in [0.5, 0.6) is 0 Å². The van der Waals surface area contributed by atoms with Gasteiger partial charge >= 0.3 is 5.97 Å². The van der Waals surface area contributed by atoms with Crippen LogP contribution in [0, 0.1) is 0 Å². The summed E-state index contributed by atoms with van der Waals surface area (Å²) in [5, 5.41) is 3.05. The van der Waals surface area contributed by atoms with Gasteiger partial charge in [0.15, 0.2) is 17.9 Å². The van der Waals surface area contributed by atoms with Crippen LogP contribution in [-0.4, -0.2) is 70.0 Å². The van der Waals surface area contributed by atoms with Crippen molar-refractivity contribution in [2.45, 2.75) is 51.0 Å². The zero-order chi connectivity index (χ0) is 21.1. The molecule has 0 amide bonds. The number of aryl methyl sites for hydroxylation is 1. The Morgan fingerprint density at radius 1 is 1.48 bits per heavy atom. The molecule has 0 aromatic carbocycles. The number of nitrogens with one attached hydrogen (secondary N) is 1. The zero-order valence-electron chi connectivity index (χ0n) is 16.1. The number of aromatic nitrogens is 2. The average molecular weight is 433 g/mol. The van der Waals surface area contributed by atoms with Crippen molar-refractivity contribution < 1.29 is 33.2 Å². The van der Waals surface area contributed by atoms with E-state index in [4.69, 9.17) is 19.9 Å². The molecule has 0 radical (unpaired) electrons. The highest BCUT2D eigenvalue weighted by Gasteiger charge is 2.43. The van der Waals surface area contributed by atoms with Gasteiger partial charge in [0.1, 0.15) is 17.7 Å². The van der Waals surface area contributed by atoms with Crippen molar-refractivity contribution in [2.24, 2.45) is 0 Å². The minimum Gasteiger partial charge on any atom is -0.464 e. The van der Waals surface area contributed by atoms with E-state index in [-0.39, 0.29) is 26.3 Å². The molecule has 4 unspecified atom stereocenters. The van der Waals surface area contributed by atoms with Crippen molar-refractivity contribution in [1.82, 2.24) is 9.97 Å². The van der Waals surface area contributed by atoms with Crippen LogP contribution in [0.1, 0.15) is 26.1 Å². The maximum Gasteiger partial charge on any atom is 0.344 e. The lowest BCUT2D eigenvalue weighted by Crippen LogP contribution is -2.41. The van der Waals surface area contributed by atoms with Gasteiger partial charge in [0.25, 0.3) is 0 Å². The number of halogens is 1. The normalized spacial score (nSPS) is 24.5. The van der Waals surface area contributed by atoms with Gasteiger partial charge < -0.3 is 39.9 Å². The summed E-state index contributed by atoms with van der Waals surface area (Å²) in [5.74, 6) is -1.10. The number of ether oxygens (including phenoxy) is 3. The van der Waals surface area contributed by atoms with Gasteiger partial charge in [0.05, 0.1) is 26.0 Å². The molecule has 2 aliphatic heterocycles. The van der Waals surface area contributed by atoms with Gasteiger partial charge in [-0.15, -0.1) is 0 Å². The molecular weight excluding hydrogens is 408 g/mol. The number of anilines is 3. The zero-order valence-corrected chi connectivity index (χ0v) is 17.0. The largest absolute Gasteiger partial charge is 0.464 e. The molecule has 3 heterocycles. The monoisotopic (exact) mass is 433 g/mol. The molecule has 1 fully saturated rings. The Bertz CT molecular complexity index is 744. The summed E-state index contributed by atoms with van der Waals surface area (Å²) in [7, 11) is -2.71. The molecule has 0 aliphatic carbocycles. The number of nitrogens with zero attached hydrogens (tertiary/aromatic N) is 3. The Kier molecular flexibility index (Phi) is 7.01. The van der Waals surface area contributed by atoms with E-state index in [1.165, 1.54) is 0 Å². The number of nitrogens with two attached hydrogens (primary N) is 1. The third-order valence-electron chi connectivity index (χ3n) is 4.55. The van der Waals surface area contributed by atoms with Crippen molar-refractivity contribution in [3.8, 4) is 0 Å². The smallest absolute Gasteiger partial charge is 0.344 e. The first-order chi connectivity index (χ1) is 13.8. The molecule has 0 saturated carbocycles. The molecule has 2 aliphatic rings. The third-order valence-corrected chi connectivity index (χ3v) is 5.33. The average Bonchev–Trinajstić information content (AvgIpc) is 3.25. The Labute approximate surface area is 168 Å². The van der Waals surface area contributed by atoms with Gasteiger partial charge in [0, 0.05) is 12.8 Å². The topological polar surface area (TPSA) is 152 Å². The predicted molar refractivity (Wildman–Crippen MR) is 103 cm³/mol. The van der Waals surface area contributed by atoms with Crippen molar-refractivity contribution >= 4 is 31.7 Å². The minimum absolute atomic E-state index is 0.0159. The summed E-state index contributed by atoms with van der Waals surface area (Å²) >= 11 is 0. The predicted octanol–water partition coefficient (Wildman–Crippen LogP) is 0.466. The van der Waals surface area contributed by atoms with Gasteiger partial charge in [0.2, 0.25) is 14.2 Å². The SMILES string of the molecule is CCOC(=O)C(OCC1CC(F)C(N2CNc3c(N)nc(CC)nc32)O1)P(O)O. The molecular formula is C16H25FN5O6P. The number of nitrogen functional groups attached to an aromatic ring is 1. The standard InChI is InChI=1S/C16H25FN5O6P/c1-3-10-20-12(18)11-13(21-10)22(7-19-11)14-9(17)5-8(28-14)6-27-16(29(24)25)15(23)26-4-2/h8-9,14,16,19,24-25H,3-7H2,1-2H3,(H2,18,20,21). The van der Waals surface area contributed by atoms with E-state index in [2.05, 4.69) is 15.3 Å². The maximum absolute atomic E-state index is 14.7. The number of alkyl halides is 1. The summed E-state index contributed by atoms with van der Waals surface area (Å²) in [6, 6.07) is 0. The number of hydrogen-bond acceptors (Lipinski definition) is 11. The maximum atomic E-state index is 14.7. The number of esters is 1. The van der Waals surface area contributed by atoms with Crippen LogP contribution in [0.3, 0.4) is 0 Å². The molecule has 3 rings (SSSR count). The van der Waals surface area contributed by atoms with E-state index < -0.39 is 38.7 Å². The molecule has 1 aromatic rings. The quantitative estimate of drug-likeness (QED) is 0.334. The number of hydrogen-bond donors (Lipinski definition) is 4. The highest BCUT2D eigenvalue weighted by Crippen LogP contribution is 2.39. The van der Waals surface area contributed by atoms with Crippen molar-refractivity contribution in [1.29, 1.82) is 0 Å². The number of fused-ring (bicyclic) bond motifs is 1. The van der Waals surface area contributed by atoms with Crippen LogP contribution in [0.15, 0.2) is 0 Å². The molecule has 5 N–H and O–H groups in total. The van der Waals surface area contributed by atoms with E-state index in [9.17, 15) is 19.0 Å². The minimum atomic E-state index is -2.71. The highest BCUT2D eigenvalue weighted by atomic mass is 31.2. The van der Waals surface area contributed by atoms with Crippen molar-refractivity contribution in [3.05, 3.63) is 5.82 Å². The van der Waals surface area contributed by atoms with Crippen LogP contribution in [0.2, 0.25) is 0 Å². The van der Waals surface area contributed by atoms with Gasteiger partial charge in [-0.25, -0.2) is 19.2 Å². The summed E-state index contributed by atoms with van der Waals surface area (Å²) in [6.45, 7) is 3.61. The first kappa shape index (κ1) is 21.8. The first-order valence-corrected chi connectivity index (χ1v) is 10.6. The number of carbonyl (C=O) groups excluding carboxylic acids is 1. The second-order valence-electron chi connectivity index (χ2n) is 6.54. The Morgan fingerprint density at radius 2 is 2.24 bits per heavy atom. The molecule has 13 heteroatoms. The van der Waals surface area contributed by atoms with Crippen LogP contribution in [0.25, 0.3) is 0 Å². The van der Waals surface area contributed by atoms with Crippen molar-refractivity contribution in [3.63, 3.8) is 0 Å². The fourth-order valence-corrected chi connectivity index (χ4v) is 3.70. The summed E-state index contributed by atoms with van der Waals surface area (Å²) in [6.07, 6.45) is -2.36. The second-order valence-corrected chi connectivity index (χ2v) is 7.65. The van der Waals surface area contributed by atoms with E-state index in [1.807, 2.05) is 6.92 Å². The van der Waals surface area contributed by atoms with Gasteiger partial charge in [-0.05, 0) is 6.92 Å². The van der Waals surface area contributed by atoms with Crippen LogP contribution in [-0.2, 0) is 25.4 Å². The fourth-order valence-electron chi connectivity index (χ4n) is 3.22. The molecule has 4 atom stereocenters. The molecule has 1 aromatic heterocycles. The molecule has 0 bridgehead atoms. The lowest BCUT2D eigenvalue weighted by atomic mass is 10.2. The number of rotatable bonds is 8. The van der Waals surface area contributed by atoms with E-state index in [0.717, 1.165) is 0 Å². The van der Waals surface area contributed by atoms with Gasteiger partial charge in [-0.3, -0.25) is 0 Å². The van der Waals surface area contributed by atoms with E-state index in [0.29, 0.717) is 29.6 Å². The van der Waals surface area contributed by atoms with Crippen molar-refractivity contribution in [2.75, 3.05) is 35.8 Å². The number of carbonyl (C=O) groups is 1. The third kappa shape index (κ3) is 4.67.